The van der Waals surface area contributed by atoms with Gasteiger partial charge in [-0.1, -0.05) is 0 Å². The molecule has 4 nitrogen and oxygen atoms in total. The summed E-state index contributed by atoms with van der Waals surface area (Å²) in [5.41, 5.74) is 2.75. The third-order valence-electron chi connectivity index (χ3n) is 2.59. The van der Waals surface area contributed by atoms with E-state index >= 15 is 0 Å². The van der Waals surface area contributed by atoms with Crippen molar-refractivity contribution in [2.24, 2.45) is 0 Å². The molecule has 2 rings (SSSR count). The van der Waals surface area contributed by atoms with Gasteiger partial charge in [-0.15, -0.1) is 0 Å². The van der Waals surface area contributed by atoms with E-state index in [4.69, 9.17) is 0 Å². The Balaban J connectivity index is 2.68. The Bertz CT molecular complexity index is 508. The van der Waals surface area contributed by atoms with Crippen LogP contribution < -0.4 is 10.0 Å². The maximum Gasteiger partial charge on any atom is 0.244 e. The summed E-state index contributed by atoms with van der Waals surface area (Å²) in [6.45, 7) is 5.65. The summed E-state index contributed by atoms with van der Waals surface area (Å²) < 4.78 is 26.1. The molecule has 1 aromatic carbocycles. The Labute approximate surface area is 89.7 Å². The van der Waals surface area contributed by atoms with Gasteiger partial charge in [0.1, 0.15) is 4.90 Å². The molecule has 5 heteroatoms. The summed E-state index contributed by atoms with van der Waals surface area (Å²) in [7, 11) is -3.34. The highest BCUT2D eigenvalue weighted by molar-refractivity contribution is 7.89. The summed E-state index contributed by atoms with van der Waals surface area (Å²) in [5.74, 6) is 0. The third-order valence-corrected chi connectivity index (χ3v) is 4.17. The number of anilines is 1. The van der Waals surface area contributed by atoms with Gasteiger partial charge in [0.05, 0.1) is 11.9 Å². The van der Waals surface area contributed by atoms with E-state index in [1.807, 2.05) is 19.9 Å². The molecule has 1 aliphatic heterocycles. The average molecular weight is 226 g/mol. The van der Waals surface area contributed by atoms with Crippen molar-refractivity contribution in [3.05, 3.63) is 23.3 Å². The van der Waals surface area contributed by atoms with Crippen LogP contribution in [0.3, 0.4) is 0 Å². The molecule has 82 valence electrons. The Morgan fingerprint density at radius 1 is 1.20 bits per heavy atom. The molecule has 1 atom stereocenters. The van der Waals surface area contributed by atoms with Gasteiger partial charge in [-0.05, 0) is 44.0 Å². The molecule has 0 aliphatic carbocycles. The minimum absolute atomic E-state index is 0.260. The van der Waals surface area contributed by atoms with Crippen LogP contribution in [-0.4, -0.2) is 14.6 Å². The minimum atomic E-state index is -3.34. The molecule has 0 fully saturated rings. The van der Waals surface area contributed by atoms with Gasteiger partial charge in [0.2, 0.25) is 10.0 Å². The minimum Gasteiger partial charge on any atom is -0.368 e. The van der Waals surface area contributed by atoms with Gasteiger partial charge < -0.3 is 5.32 Å². The zero-order valence-electron chi connectivity index (χ0n) is 8.96. The highest BCUT2D eigenvalue weighted by Crippen LogP contribution is 2.28. The predicted octanol–water partition coefficient (Wildman–Crippen LogP) is 1.35. The molecule has 15 heavy (non-hydrogen) atoms. The number of rotatable bonds is 0. The first kappa shape index (κ1) is 10.4. The Morgan fingerprint density at radius 2 is 1.80 bits per heavy atom. The van der Waals surface area contributed by atoms with E-state index < -0.39 is 10.0 Å². The number of aryl methyl sites for hydroxylation is 2. The van der Waals surface area contributed by atoms with E-state index in [0.717, 1.165) is 11.1 Å². The molecule has 1 heterocycles. The lowest BCUT2D eigenvalue weighted by Gasteiger charge is -2.26. The van der Waals surface area contributed by atoms with Gasteiger partial charge in [-0.25, -0.2) is 8.42 Å². The van der Waals surface area contributed by atoms with Gasteiger partial charge in [0, 0.05) is 0 Å². The van der Waals surface area contributed by atoms with E-state index in [0.29, 0.717) is 10.6 Å². The molecule has 1 aromatic rings. The van der Waals surface area contributed by atoms with Crippen LogP contribution >= 0.6 is 0 Å². The van der Waals surface area contributed by atoms with E-state index in [-0.39, 0.29) is 6.17 Å². The fourth-order valence-electron chi connectivity index (χ4n) is 1.68. The Morgan fingerprint density at radius 3 is 2.47 bits per heavy atom. The van der Waals surface area contributed by atoms with Crippen LogP contribution in [0.4, 0.5) is 5.69 Å². The van der Waals surface area contributed by atoms with E-state index in [1.54, 1.807) is 13.0 Å². The lowest BCUT2D eigenvalue weighted by atomic mass is 10.1. The zero-order chi connectivity index (χ0) is 11.2. The topological polar surface area (TPSA) is 58.2 Å². The number of nitrogens with one attached hydrogen (secondary N) is 2. The molecule has 0 bridgehead atoms. The normalized spacial score (nSPS) is 23.0. The number of hydrogen-bond donors (Lipinski definition) is 2. The highest BCUT2D eigenvalue weighted by atomic mass is 32.2. The van der Waals surface area contributed by atoms with Crippen molar-refractivity contribution >= 4 is 15.7 Å². The molecule has 0 aromatic heterocycles. The molecule has 0 amide bonds. The largest absolute Gasteiger partial charge is 0.368 e. The summed E-state index contributed by atoms with van der Waals surface area (Å²) in [6, 6.07) is 3.57. The molecule has 0 saturated heterocycles. The first-order valence-electron chi connectivity index (χ1n) is 4.80. The second-order valence-electron chi connectivity index (χ2n) is 3.92. The van der Waals surface area contributed by atoms with Crippen LogP contribution in [0.2, 0.25) is 0 Å². The second-order valence-corrected chi connectivity index (χ2v) is 5.60. The van der Waals surface area contributed by atoms with Gasteiger partial charge >= 0.3 is 0 Å². The van der Waals surface area contributed by atoms with E-state index in [9.17, 15) is 8.42 Å². The van der Waals surface area contributed by atoms with Crippen molar-refractivity contribution in [2.45, 2.75) is 31.8 Å². The lowest BCUT2D eigenvalue weighted by molar-refractivity contribution is 0.565. The predicted molar refractivity (Wildman–Crippen MR) is 59.3 cm³/mol. The zero-order valence-corrected chi connectivity index (χ0v) is 9.77. The molecule has 0 radical (unpaired) electrons. The first-order chi connectivity index (χ1) is 6.90. The van der Waals surface area contributed by atoms with Crippen LogP contribution in [0.1, 0.15) is 18.1 Å². The summed E-state index contributed by atoms with van der Waals surface area (Å²) in [5, 5.41) is 3.09. The highest BCUT2D eigenvalue weighted by Gasteiger charge is 2.27. The van der Waals surface area contributed by atoms with Crippen LogP contribution in [-0.2, 0) is 10.0 Å². The number of benzene rings is 1. The fourth-order valence-corrected chi connectivity index (χ4v) is 3.07. The summed E-state index contributed by atoms with van der Waals surface area (Å²) >= 11 is 0. The van der Waals surface area contributed by atoms with Crippen LogP contribution in [0.15, 0.2) is 17.0 Å². The molecule has 2 N–H and O–H groups in total. The average Bonchev–Trinajstić information content (AvgIpc) is 2.07. The van der Waals surface area contributed by atoms with Crippen LogP contribution in [0, 0.1) is 13.8 Å². The van der Waals surface area contributed by atoms with E-state index in [1.165, 1.54) is 0 Å². The van der Waals surface area contributed by atoms with Gasteiger partial charge in [-0.2, -0.15) is 4.72 Å². The van der Waals surface area contributed by atoms with Crippen molar-refractivity contribution in [2.75, 3.05) is 5.32 Å². The lowest BCUT2D eigenvalue weighted by Crippen LogP contribution is -2.42. The fraction of sp³-hybridized carbons (Fsp3) is 0.400. The molecule has 0 saturated carbocycles. The molecular formula is C10H14N2O2S. The summed E-state index contributed by atoms with van der Waals surface area (Å²) in [6.07, 6.45) is -0.260. The van der Waals surface area contributed by atoms with Crippen molar-refractivity contribution in [1.82, 2.24) is 4.72 Å². The second kappa shape index (κ2) is 3.21. The molecular weight excluding hydrogens is 212 g/mol. The quantitative estimate of drug-likeness (QED) is 0.702. The standard InChI is InChI=1S/C10H14N2O2S/c1-6-4-9-10(5-7(6)2)15(13,14)12-8(3)11-9/h4-5,8,11-12H,1-3H3. The first-order valence-corrected chi connectivity index (χ1v) is 6.28. The summed E-state index contributed by atoms with van der Waals surface area (Å²) in [4.78, 5) is 0.337. The maximum atomic E-state index is 11.8. The SMILES string of the molecule is Cc1cc2c(cc1C)S(=O)(=O)NC(C)N2. The van der Waals surface area contributed by atoms with Gasteiger partial charge in [0.25, 0.3) is 0 Å². The monoisotopic (exact) mass is 226 g/mol. The third kappa shape index (κ3) is 1.72. The van der Waals surface area contributed by atoms with Crippen molar-refractivity contribution in [3.8, 4) is 0 Å². The molecule has 1 aliphatic rings. The molecule has 0 spiro atoms. The number of fused-ring (bicyclic) bond motifs is 1. The van der Waals surface area contributed by atoms with Gasteiger partial charge in [0.15, 0.2) is 0 Å². The van der Waals surface area contributed by atoms with Crippen LogP contribution in [0.5, 0.6) is 0 Å². The van der Waals surface area contributed by atoms with Crippen molar-refractivity contribution < 1.29 is 8.42 Å². The number of hydrogen-bond acceptors (Lipinski definition) is 3. The maximum absolute atomic E-state index is 11.8. The van der Waals surface area contributed by atoms with Gasteiger partial charge in [-0.3, -0.25) is 0 Å². The smallest absolute Gasteiger partial charge is 0.244 e. The number of sulfonamides is 1. The van der Waals surface area contributed by atoms with Crippen molar-refractivity contribution in [1.29, 1.82) is 0 Å². The van der Waals surface area contributed by atoms with Crippen molar-refractivity contribution in [3.63, 3.8) is 0 Å². The van der Waals surface area contributed by atoms with Crippen LogP contribution in [0.25, 0.3) is 0 Å². The van der Waals surface area contributed by atoms with E-state index in [2.05, 4.69) is 10.0 Å². The Hall–Kier alpha value is -1.07. The Kier molecular flexibility index (Phi) is 2.24. The molecule has 1 unspecified atom stereocenters.